The zero-order chi connectivity index (χ0) is 9.01. The highest BCUT2D eigenvalue weighted by Crippen LogP contribution is 2.87. The smallest absolute Gasteiger partial charge is 0.153 e. The van der Waals surface area contributed by atoms with Crippen LogP contribution in [-0.4, -0.2) is 19.4 Å². The zero-order valence-corrected chi connectivity index (χ0v) is 8.55. The molecule has 0 aromatic carbocycles. The summed E-state index contributed by atoms with van der Waals surface area (Å²) in [6, 6.07) is 0. The molecule has 3 saturated carbocycles. The monoisotopic (exact) mass is 198 g/mol. The highest BCUT2D eigenvalue weighted by atomic mass is 32.2. The molecule has 13 heavy (non-hydrogen) atoms. The van der Waals surface area contributed by atoms with Gasteiger partial charge in [-0.1, -0.05) is 6.92 Å². The summed E-state index contributed by atoms with van der Waals surface area (Å²) in [6.45, 7) is 2.32. The van der Waals surface area contributed by atoms with Crippen LogP contribution in [0.3, 0.4) is 0 Å². The molecular formula is C10H14O2S. The molecule has 1 aliphatic heterocycles. The molecule has 0 aromatic rings. The maximum atomic E-state index is 11.7. The van der Waals surface area contributed by atoms with Crippen molar-refractivity contribution >= 4 is 9.84 Å². The van der Waals surface area contributed by atoms with Gasteiger partial charge < -0.3 is 0 Å². The van der Waals surface area contributed by atoms with Gasteiger partial charge in [0.1, 0.15) is 0 Å². The van der Waals surface area contributed by atoms with Crippen molar-refractivity contribution in [1.82, 2.24) is 0 Å². The van der Waals surface area contributed by atoms with E-state index in [4.69, 9.17) is 0 Å². The van der Waals surface area contributed by atoms with E-state index in [1.54, 1.807) is 0 Å². The Morgan fingerprint density at radius 2 is 2.08 bits per heavy atom. The third kappa shape index (κ3) is 0.494. The van der Waals surface area contributed by atoms with Crippen LogP contribution < -0.4 is 0 Å². The summed E-state index contributed by atoms with van der Waals surface area (Å²) in [4.78, 5) is 0. The van der Waals surface area contributed by atoms with Crippen LogP contribution in [0.5, 0.6) is 0 Å². The zero-order valence-electron chi connectivity index (χ0n) is 7.73. The van der Waals surface area contributed by atoms with Gasteiger partial charge in [-0.05, 0) is 41.9 Å². The summed E-state index contributed by atoms with van der Waals surface area (Å²) in [5, 5.41) is 0.0902. The Labute approximate surface area is 78.6 Å². The first-order chi connectivity index (χ1) is 6.09. The van der Waals surface area contributed by atoms with Crippen LogP contribution in [0.1, 0.15) is 19.8 Å². The minimum absolute atomic E-state index is 0.0902. The summed E-state index contributed by atoms with van der Waals surface area (Å²) in [5.74, 6) is 3.53. The van der Waals surface area contributed by atoms with Gasteiger partial charge in [0.15, 0.2) is 9.84 Å². The van der Waals surface area contributed by atoms with Gasteiger partial charge in [0.05, 0.1) is 11.0 Å². The van der Waals surface area contributed by atoms with Gasteiger partial charge in [0.25, 0.3) is 0 Å². The van der Waals surface area contributed by atoms with Gasteiger partial charge in [-0.2, -0.15) is 0 Å². The summed E-state index contributed by atoms with van der Waals surface area (Å²) >= 11 is 0. The highest BCUT2D eigenvalue weighted by molar-refractivity contribution is 7.92. The molecule has 2 bridgehead atoms. The fourth-order valence-electron chi connectivity index (χ4n) is 5.22. The predicted octanol–water partition coefficient (Wildman–Crippen LogP) is 1.08. The molecule has 4 aliphatic rings. The van der Waals surface area contributed by atoms with Crippen LogP contribution in [0.25, 0.3) is 0 Å². The van der Waals surface area contributed by atoms with E-state index in [9.17, 15) is 8.42 Å². The SMILES string of the molecule is CC1C2CC3C4C1C24CCS3(=O)=O. The second kappa shape index (κ2) is 1.60. The second-order valence-corrected chi connectivity index (χ2v) is 7.86. The number of rotatable bonds is 0. The van der Waals surface area contributed by atoms with Crippen molar-refractivity contribution in [3.05, 3.63) is 0 Å². The third-order valence-corrected chi connectivity index (χ3v) is 7.76. The lowest BCUT2D eigenvalue weighted by molar-refractivity contribution is 0.0722. The molecule has 2 nitrogen and oxygen atoms in total. The summed E-state index contributed by atoms with van der Waals surface area (Å²) in [5.41, 5.74) is 0.565. The number of hydrogen-bond acceptors (Lipinski definition) is 2. The van der Waals surface area contributed by atoms with Gasteiger partial charge in [0, 0.05) is 0 Å². The van der Waals surface area contributed by atoms with E-state index in [-0.39, 0.29) is 5.25 Å². The Kier molecular flexibility index (Phi) is 0.893. The van der Waals surface area contributed by atoms with Crippen molar-refractivity contribution in [2.24, 2.45) is 29.1 Å². The average molecular weight is 198 g/mol. The Balaban J connectivity index is 1.88. The summed E-state index contributed by atoms with van der Waals surface area (Å²) < 4.78 is 23.5. The lowest BCUT2D eigenvalue weighted by atomic mass is 9.63. The summed E-state index contributed by atoms with van der Waals surface area (Å²) in [6.07, 6.45) is 2.00. The molecule has 0 amide bonds. The van der Waals surface area contributed by atoms with E-state index in [1.165, 1.54) is 0 Å². The van der Waals surface area contributed by atoms with Crippen LogP contribution in [0.15, 0.2) is 0 Å². The summed E-state index contributed by atoms with van der Waals surface area (Å²) in [7, 11) is -2.67. The van der Waals surface area contributed by atoms with Crippen molar-refractivity contribution in [2.45, 2.75) is 25.0 Å². The van der Waals surface area contributed by atoms with E-state index in [0.717, 1.165) is 30.6 Å². The molecular weight excluding hydrogens is 184 g/mol. The van der Waals surface area contributed by atoms with Gasteiger partial charge in [-0.3, -0.25) is 0 Å². The number of hydrogen-bond donors (Lipinski definition) is 0. The Bertz CT molecular complexity index is 399. The maximum Gasteiger partial charge on any atom is 0.153 e. The highest BCUT2D eigenvalue weighted by Gasteiger charge is 2.87. The molecule has 6 atom stereocenters. The fourth-order valence-corrected chi connectivity index (χ4v) is 7.53. The first-order valence-corrected chi connectivity index (χ1v) is 7.02. The van der Waals surface area contributed by atoms with Crippen LogP contribution in [0.2, 0.25) is 0 Å². The quantitative estimate of drug-likeness (QED) is 0.583. The van der Waals surface area contributed by atoms with E-state index >= 15 is 0 Å². The van der Waals surface area contributed by atoms with Crippen LogP contribution in [0.4, 0.5) is 0 Å². The van der Waals surface area contributed by atoms with Gasteiger partial charge in [-0.15, -0.1) is 0 Å². The predicted molar refractivity (Wildman–Crippen MR) is 48.9 cm³/mol. The molecule has 4 fully saturated rings. The van der Waals surface area contributed by atoms with Gasteiger partial charge in [0.2, 0.25) is 0 Å². The lowest BCUT2D eigenvalue weighted by Gasteiger charge is -2.41. The first-order valence-electron chi connectivity index (χ1n) is 5.30. The van der Waals surface area contributed by atoms with Crippen molar-refractivity contribution in [1.29, 1.82) is 0 Å². The van der Waals surface area contributed by atoms with Crippen LogP contribution in [-0.2, 0) is 9.84 Å². The molecule has 0 aromatic heterocycles. The minimum atomic E-state index is -2.67. The number of sulfone groups is 1. The molecule has 1 spiro atoms. The van der Waals surface area contributed by atoms with E-state index < -0.39 is 9.84 Å². The third-order valence-electron chi connectivity index (χ3n) is 5.58. The standard InChI is InChI=1S/C10H14O2S/c1-5-6-4-7-9-8(5)10(6,9)2-3-13(7,11)12/h5-9H,2-4H2,1H3. The van der Waals surface area contributed by atoms with Crippen molar-refractivity contribution in [2.75, 3.05) is 5.75 Å². The molecule has 1 saturated heterocycles. The van der Waals surface area contributed by atoms with Crippen LogP contribution >= 0.6 is 0 Å². The van der Waals surface area contributed by atoms with Gasteiger partial charge >= 0.3 is 0 Å². The Morgan fingerprint density at radius 3 is 2.77 bits per heavy atom. The normalized spacial score (nSPS) is 69.8. The molecule has 1 heterocycles. The topological polar surface area (TPSA) is 34.1 Å². The molecule has 0 radical (unpaired) electrons. The first kappa shape index (κ1) is 7.27. The van der Waals surface area contributed by atoms with Gasteiger partial charge in [-0.25, -0.2) is 8.42 Å². The van der Waals surface area contributed by atoms with Crippen molar-refractivity contribution in [3.63, 3.8) is 0 Å². The lowest BCUT2D eigenvalue weighted by Crippen LogP contribution is -2.36. The fraction of sp³-hybridized carbons (Fsp3) is 1.00. The van der Waals surface area contributed by atoms with Crippen molar-refractivity contribution in [3.8, 4) is 0 Å². The van der Waals surface area contributed by atoms with Crippen LogP contribution in [0, 0.1) is 29.1 Å². The molecule has 0 N–H and O–H groups in total. The van der Waals surface area contributed by atoms with Crippen molar-refractivity contribution < 1.29 is 8.42 Å². The Morgan fingerprint density at radius 1 is 1.31 bits per heavy atom. The average Bonchev–Trinajstić information content (AvgIpc) is 2.61. The van der Waals surface area contributed by atoms with E-state index in [0.29, 0.717) is 17.1 Å². The molecule has 6 unspecified atom stereocenters. The molecule has 3 aliphatic carbocycles. The van der Waals surface area contributed by atoms with E-state index in [1.807, 2.05) is 0 Å². The van der Waals surface area contributed by atoms with E-state index in [2.05, 4.69) is 6.92 Å². The maximum absolute atomic E-state index is 11.7. The Hall–Kier alpha value is -0.0500. The molecule has 4 rings (SSSR count). The second-order valence-electron chi connectivity index (χ2n) is 5.52. The largest absolute Gasteiger partial charge is 0.229 e. The molecule has 3 heteroatoms. The molecule has 72 valence electrons. The minimum Gasteiger partial charge on any atom is -0.229 e.